The molecule has 0 radical (unpaired) electrons. The lowest BCUT2D eigenvalue weighted by Crippen LogP contribution is -2.25. The van der Waals surface area contributed by atoms with Gasteiger partial charge in [0.25, 0.3) is 6.43 Å². The van der Waals surface area contributed by atoms with E-state index in [0.29, 0.717) is 0 Å². The largest absolute Gasteiger partial charge is 0.367 e. The Balaban J connectivity index is 2.85. The second-order valence-corrected chi connectivity index (χ2v) is 4.26. The number of rotatable bonds is 6. The first-order valence-electron chi connectivity index (χ1n) is 5.97. The van der Waals surface area contributed by atoms with E-state index in [1.54, 1.807) is 12.1 Å². The lowest BCUT2D eigenvalue weighted by Gasteiger charge is -2.21. The van der Waals surface area contributed by atoms with Crippen LogP contribution in [0.2, 0.25) is 0 Å². The molecule has 0 heterocycles. The van der Waals surface area contributed by atoms with Gasteiger partial charge in [0, 0.05) is 13.1 Å². The van der Waals surface area contributed by atoms with E-state index in [1.165, 1.54) is 18.0 Å². The summed E-state index contributed by atoms with van der Waals surface area (Å²) in [5, 5.41) is 3.17. The summed E-state index contributed by atoms with van der Waals surface area (Å²) >= 11 is 0. The van der Waals surface area contributed by atoms with E-state index < -0.39 is 18.8 Å². The van der Waals surface area contributed by atoms with Gasteiger partial charge in [0.2, 0.25) is 0 Å². The standard InChI is InChI=1S/C13H19F3N2/c1-4-17-9(2)10-5-6-12(11(14)7-10)18(3)8-13(15)16/h5-7,9,13,17H,4,8H2,1-3H3. The monoisotopic (exact) mass is 260 g/mol. The molecule has 0 aliphatic rings. The zero-order valence-corrected chi connectivity index (χ0v) is 10.9. The molecule has 2 nitrogen and oxygen atoms in total. The quantitative estimate of drug-likeness (QED) is 0.845. The van der Waals surface area contributed by atoms with Gasteiger partial charge in [-0.1, -0.05) is 13.0 Å². The van der Waals surface area contributed by atoms with Crippen LogP contribution in [0.25, 0.3) is 0 Å². The Kier molecular flexibility index (Phi) is 5.47. The Bertz CT molecular complexity index is 382. The van der Waals surface area contributed by atoms with Gasteiger partial charge in [-0.25, -0.2) is 13.2 Å². The summed E-state index contributed by atoms with van der Waals surface area (Å²) in [7, 11) is 1.46. The van der Waals surface area contributed by atoms with Crippen LogP contribution in [-0.4, -0.2) is 26.6 Å². The first kappa shape index (κ1) is 14.8. The van der Waals surface area contributed by atoms with Crippen LogP contribution in [-0.2, 0) is 0 Å². The van der Waals surface area contributed by atoms with Crippen molar-refractivity contribution in [2.75, 3.05) is 25.0 Å². The van der Waals surface area contributed by atoms with Crippen LogP contribution in [0, 0.1) is 5.82 Å². The molecule has 1 aromatic rings. The molecule has 0 spiro atoms. The Hall–Kier alpha value is -1.23. The summed E-state index contributed by atoms with van der Waals surface area (Å²) in [6.07, 6.45) is -2.48. The van der Waals surface area contributed by atoms with Gasteiger partial charge in [0.1, 0.15) is 5.82 Å². The summed E-state index contributed by atoms with van der Waals surface area (Å²) in [6, 6.07) is 4.73. The lowest BCUT2D eigenvalue weighted by atomic mass is 10.1. The van der Waals surface area contributed by atoms with Crippen molar-refractivity contribution in [3.8, 4) is 0 Å². The number of nitrogens with one attached hydrogen (secondary N) is 1. The highest BCUT2D eigenvalue weighted by Crippen LogP contribution is 2.23. The third-order valence-electron chi connectivity index (χ3n) is 2.81. The maximum absolute atomic E-state index is 13.8. The highest BCUT2D eigenvalue weighted by molar-refractivity contribution is 5.49. The fourth-order valence-electron chi connectivity index (χ4n) is 1.83. The Morgan fingerprint density at radius 2 is 2.00 bits per heavy atom. The summed E-state index contributed by atoms with van der Waals surface area (Å²) in [5.41, 5.74) is 1.01. The minimum atomic E-state index is -2.48. The SMILES string of the molecule is CCNC(C)c1ccc(N(C)CC(F)F)c(F)c1. The maximum Gasteiger partial charge on any atom is 0.255 e. The molecule has 0 amide bonds. The minimum Gasteiger partial charge on any atom is -0.367 e. The number of halogens is 3. The molecule has 1 atom stereocenters. The summed E-state index contributed by atoms with van der Waals surface area (Å²) in [4.78, 5) is 1.22. The van der Waals surface area contributed by atoms with Gasteiger partial charge in [-0.3, -0.25) is 0 Å². The first-order valence-corrected chi connectivity index (χ1v) is 5.97. The van der Waals surface area contributed by atoms with Crippen molar-refractivity contribution < 1.29 is 13.2 Å². The molecule has 0 saturated carbocycles. The molecule has 0 aliphatic carbocycles. The lowest BCUT2D eigenvalue weighted by molar-refractivity contribution is 0.156. The first-order chi connectivity index (χ1) is 8.45. The fourth-order valence-corrected chi connectivity index (χ4v) is 1.83. The number of hydrogen-bond donors (Lipinski definition) is 1. The topological polar surface area (TPSA) is 15.3 Å². The normalized spacial score (nSPS) is 12.8. The van der Waals surface area contributed by atoms with Crippen LogP contribution >= 0.6 is 0 Å². The molecule has 0 bridgehead atoms. The smallest absolute Gasteiger partial charge is 0.255 e. The molecule has 0 aliphatic heterocycles. The van der Waals surface area contributed by atoms with Crippen molar-refractivity contribution in [1.82, 2.24) is 5.32 Å². The van der Waals surface area contributed by atoms with E-state index in [2.05, 4.69) is 5.32 Å². The van der Waals surface area contributed by atoms with Crippen LogP contribution in [0.1, 0.15) is 25.5 Å². The zero-order chi connectivity index (χ0) is 13.7. The number of benzene rings is 1. The fraction of sp³-hybridized carbons (Fsp3) is 0.538. The predicted molar refractivity (Wildman–Crippen MR) is 67.8 cm³/mol. The number of alkyl halides is 2. The van der Waals surface area contributed by atoms with Crippen LogP contribution in [0.5, 0.6) is 0 Å². The Labute approximate surface area is 106 Å². The third-order valence-corrected chi connectivity index (χ3v) is 2.81. The minimum absolute atomic E-state index is 0.0407. The highest BCUT2D eigenvalue weighted by Gasteiger charge is 2.14. The van der Waals surface area contributed by atoms with E-state index in [4.69, 9.17) is 0 Å². The van der Waals surface area contributed by atoms with E-state index in [0.717, 1.165) is 12.1 Å². The highest BCUT2D eigenvalue weighted by atomic mass is 19.3. The van der Waals surface area contributed by atoms with E-state index in [-0.39, 0.29) is 11.7 Å². The average Bonchev–Trinajstić information content (AvgIpc) is 2.28. The molecule has 18 heavy (non-hydrogen) atoms. The van der Waals surface area contributed by atoms with E-state index in [1.807, 2.05) is 13.8 Å². The second kappa shape index (κ2) is 6.64. The molecule has 0 aromatic heterocycles. The van der Waals surface area contributed by atoms with Gasteiger partial charge >= 0.3 is 0 Å². The van der Waals surface area contributed by atoms with Crippen molar-refractivity contribution in [3.63, 3.8) is 0 Å². The van der Waals surface area contributed by atoms with E-state index in [9.17, 15) is 13.2 Å². The molecular weight excluding hydrogens is 241 g/mol. The molecule has 5 heteroatoms. The molecule has 1 aromatic carbocycles. The van der Waals surface area contributed by atoms with Gasteiger partial charge in [-0.2, -0.15) is 0 Å². The van der Waals surface area contributed by atoms with Crippen molar-refractivity contribution in [3.05, 3.63) is 29.6 Å². The van der Waals surface area contributed by atoms with Gasteiger partial charge < -0.3 is 10.2 Å². The predicted octanol–water partition coefficient (Wildman–Crippen LogP) is 3.20. The average molecular weight is 260 g/mol. The number of anilines is 1. The summed E-state index contributed by atoms with van der Waals surface area (Å²) in [6.45, 7) is 4.22. The molecule has 0 saturated heterocycles. The molecule has 0 fully saturated rings. The van der Waals surface area contributed by atoms with Crippen LogP contribution in [0.4, 0.5) is 18.9 Å². The van der Waals surface area contributed by atoms with Gasteiger partial charge in [0.05, 0.1) is 12.2 Å². The molecule has 102 valence electrons. The van der Waals surface area contributed by atoms with Crippen LogP contribution in [0.3, 0.4) is 0 Å². The molecular formula is C13H19F3N2. The van der Waals surface area contributed by atoms with Gasteiger partial charge in [-0.15, -0.1) is 0 Å². The third kappa shape index (κ3) is 3.91. The van der Waals surface area contributed by atoms with Gasteiger partial charge in [-0.05, 0) is 31.2 Å². The summed E-state index contributed by atoms with van der Waals surface area (Å²) in [5.74, 6) is -0.472. The molecule has 1 N–H and O–H groups in total. The Morgan fingerprint density at radius 3 is 2.50 bits per heavy atom. The van der Waals surface area contributed by atoms with Gasteiger partial charge in [0.15, 0.2) is 0 Å². The van der Waals surface area contributed by atoms with Crippen molar-refractivity contribution >= 4 is 5.69 Å². The van der Waals surface area contributed by atoms with Crippen molar-refractivity contribution in [2.45, 2.75) is 26.3 Å². The maximum atomic E-state index is 13.8. The second-order valence-electron chi connectivity index (χ2n) is 4.26. The van der Waals surface area contributed by atoms with E-state index >= 15 is 0 Å². The van der Waals surface area contributed by atoms with Crippen molar-refractivity contribution in [1.29, 1.82) is 0 Å². The number of hydrogen-bond acceptors (Lipinski definition) is 2. The summed E-state index contributed by atoms with van der Waals surface area (Å²) < 4.78 is 38.3. The van der Waals surface area contributed by atoms with Crippen LogP contribution < -0.4 is 10.2 Å². The number of nitrogens with zero attached hydrogens (tertiary/aromatic N) is 1. The Morgan fingerprint density at radius 1 is 1.33 bits per heavy atom. The molecule has 1 unspecified atom stereocenters. The van der Waals surface area contributed by atoms with Crippen LogP contribution in [0.15, 0.2) is 18.2 Å². The zero-order valence-electron chi connectivity index (χ0n) is 10.9. The van der Waals surface area contributed by atoms with Crippen molar-refractivity contribution in [2.24, 2.45) is 0 Å². The molecule has 1 rings (SSSR count).